The van der Waals surface area contributed by atoms with E-state index in [0.29, 0.717) is 5.56 Å². The zero-order valence-electron chi connectivity index (χ0n) is 14.6. The van der Waals surface area contributed by atoms with Crippen LogP contribution in [0.3, 0.4) is 0 Å². The quantitative estimate of drug-likeness (QED) is 0.588. The minimum Gasteiger partial charge on any atom is -0.378 e. The monoisotopic (exact) mass is 307 g/mol. The van der Waals surface area contributed by atoms with E-state index in [9.17, 15) is 4.79 Å². The molecule has 2 rings (SSSR count). The van der Waals surface area contributed by atoms with Crippen LogP contribution < -0.4 is 4.90 Å². The molecular weight excluding hydrogens is 282 g/mol. The van der Waals surface area contributed by atoms with E-state index in [1.54, 1.807) is 6.08 Å². The predicted molar refractivity (Wildman–Crippen MR) is 99.3 cm³/mol. The SMILES string of the molecule is CN(C)c1ccc(C(=O)/C=C/c2ccc(C(C)(C)C)cc2)cc1. The number of benzene rings is 2. The van der Waals surface area contributed by atoms with Crippen molar-refractivity contribution in [2.24, 2.45) is 0 Å². The molecule has 23 heavy (non-hydrogen) atoms. The third-order valence-corrected chi connectivity index (χ3v) is 3.87. The van der Waals surface area contributed by atoms with E-state index in [1.807, 2.05) is 49.3 Å². The van der Waals surface area contributed by atoms with Crippen LogP contribution in [-0.4, -0.2) is 19.9 Å². The molecule has 0 aliphatic heterocycles. The Morgan fingerprint density at radius 1 is 0.913 bits per heavy atom. The fourth-order valence-corrected chi connectivity index (χ4v) is 2.29. The molecule has 0 unspecified atom stereocenters. The summed E-state index contributed by atoms with van der Waals surface area (Å²) in [6, 6.07) is 16.0. The summed E-state index contributed by atoms with van der Waals surface area (Å²) in [7, 11) is 3.97. The molecule has 0 aliphatic carbocycles. The number of carbonyl (C=O) groups is 1. The lowest BCUT2D eigenvalue weighted by atomic mass is 9.87. The minimum atomic E-state index is 0.0233. The maximum absolute atomic E-state index is 12.2. The minimum absolute atomic E-state index is 0.0233. The molecular formula is C21H25NO. The number of hydrogen-bond acceptors (Lipinski definition) is 2. The number of anilines is 1. The average Bonchev–Trinajstić information content (AvgIpc) is 2.52. The molecule has 0 aromatic heterocycles. The molecule has 0 fully saturated rings. The molecule has 0 spiro atoms. The average molecular weight is 307 g/mol. The highest BCUT2D eigenvalue weighted by molar-refractivity contribution is 6.06. The normalized spacial score (nSPS) is 11.7. The van der Waals surface area contributed by atoms with Crippen molar-refractivity contribution >= 4 is 17.5 Å². The first-order valence-corrected chi connectivity index (χ1v) is 7.88. The van der Waals surface area contributed by atoms with Crippen LogP contribution in [0, 0.1) is 0 Å². The predicted octanol–water partition coefficient (Wildman–Crippen LogP) is 4.95. The van der Waals surface area contributed by atoms with Crippen molar-refractivity contribution < 1.29 is 4.79 Å². The van der Waals surface area contributed by atoms with Crippen molar-refractivity contribution in [1.29, 1.82) is 0 Å². The van der Waals surface area contributed by atoms with E-state index in [2.05, 4.69) is 45.0 Å². The molecule has 0 N–H and O–H groups in total. The lowest BCUT2D eigenvalue weighted by molar-refractivity contribution is 0.104. The van der Waals surface area contributed by atoms with Crippen LogP contribution in [-0.2, 0) is 5.41 Å². The molecule has 2 aromatic carbocycles. The summed E-state index contributed by atoms with van der Waals surface area (Å²) in [4.78, 5) is 14.2. The summed E-state index contributed by atoms with van der Waals surface area (Å²) < 4.78 is 0. The molecule has 0 radical (unpaired) electrons. The maximum atomic E-state index is 12.2. The van der Waals surface area contributed by atoms with Gasteiger partial charge in [0.25, 0.3) is 0 Å². The number of carbonyl (C=O) groups excluding carboxylic acids is 1. The second-order valence-corrected chi connectivity index (χ2v) is 7.01. The van der Waals surface area contributed by atoms with Gasteiger partial charge in [0.15, 0.2) is 5.78 Å². The van der Waals surface area contributed by atoms with E-state index >= 15 is 0 Å². The van der Waals surface area contributed by atoms with Crippen LogP contribution in [0.2, 0.25) is 0 Å². The standard InChI is InChI=1S/C21H25NO/c1-21(2,3)18-11-6-16(7-12-18)8-15-20(23)17-9-13-19(14-10-17)22(4)5/h6-15H,1-5H3/b15-8+. The molecule has 2 aromatic rings. The largest absolute Gasteiger partial charge is 0.378 e. The molecule has 0 saturated carbocycles. The summed E-state index contributed by atoms with van der Waals surface area (Å²) in [6.07, 6.45) is 3.51. The second kappa shape index (κ2) is 6.82. The Kier molecular flexibility index (Phi) is 5.05. The van der Waals surface area contributed by atoms with Gasteiger partial charge in [-0.1, -0.05) is 51.1 Å². The van der Waals surface area contributed by atoms with Crippen molar-refractivity contribution in [3.63, 3.8) is 0 Å². The van der Waals surface area contributed by atoms with E-state index in [0.717, 1.165) is 11.3 Å². The van der Waals surface area contributed by atoms with Gasteiger partial charge in [0.2, 0.25) is 0 Å². The third-order valence-electron chi connectivity index (χ3n) is 3.87. The van der Waals surface area contributed by atoms with Crippen molar-refractivity contribution in [1.82, 2.24) is 0 Å². The topological polar surface area (TPSA) is 20.3 Å². The van der Waals surface area contributed by atoms with Gasteiger partial charge in [0.1, 0.15) is 0 Å². The van der Waals surface area contributed by atoms with Gasteiger partial charge in [-0.15, -0.1) is 0 Å². The summed E-state index contributed by atoms with van der Waals surface area (Å²) in [5, 5.41) is 0. The molecule has 2 nitrogen and oxygen atoms in total. The van der Waals surface area contributed by atoms with Crippen molar-refractivity contribution in [2.75, 3.05) is 19.0 Å². The molecule has 2 heteroatoms. The van der Waals surface area contributed by atoms with Crippen LogP contribution in [0.1, 0.15) is 42.3 Å². The Bertz CT molecular complexity index is 686. The number of allylic oxidation sites excluding steroid dienone is 1. The van der Waals surface area contributed by atoms with Gasteiger partial charge >= 0.3 is 0 Å². The zero-order chi connectivity index (χ0) is 17.0. The van der Waals surface area contributed by atoms with Gasteiger partial charge in [-0.2, -0.15) is 0 Å². The van der Waals surface area contributed by atoms with Gasteiger partial charge in [0.05, 0.1) is 0 Å². The summed E-state index contributed by atoms with van der Waals surface area (Å²) >= 11 is 0. The first kappa shape index (κ1) is 17.0. The van der Waals surface area contributed by atoms with Gasteiger partial charge in [-0.25, -0.2) is 0 Å². The van der Waals surface area contributed by atoms with Gasteiger partial charge in [-0.05, 0) is 46.9 Å². The molecule has 0 amide bonds. The molecule has 0 saturated heterocycles. The van der Waals surface area contributed by atoms with Crippen molar-refractivity contribution in [2.45, 2.75) is 26.2 Å². The van der Waals surface area contributed by atoms with Crippen LogP contribution in [0.4, 0.5) is 5.69 Å². The lowest BCUT2D eigenvalue weighted by Crippen LogP contribution is -2.10. The Balaban J connectivity index is 2.08. The van der Waals surface area contributed by atoms with Crippen molar-refractivity contribution in [3.8, 4) is 0 Å². The van der Waals surface area contributed by atoms with Crippen LogP contribution in [0.25, 0.3) is 6.08 Å². The summed E-state index contributed by atoms with van der Waals surface area (Å²) in [6.45, 7) is 6.58. The fourth-order valence-electron chi connectivity index (χ4n) is 2.29. The van der Waals surface area contributed by atoms with E-state index in [-0.39, 0.29) is 11.2 Å². The van der Waals surface area contributed by atoms with E-state index in [1.165, 1.54) is 5.56 Å². The Morgan fingerprint density at radius 3 is 1.96 bits per heavy atom. The third kappa shape index (κ3) is 4.56. The highest BCUT2D eigenvalue weighted by Crippen LogP contribution is 2.22. The Hall–Kier alpha value is -2.35. The maximum Gasteiger partial charge on any atom is 0.185 e. The van der Waals surface area contributed by atoms with Gasteiger partial charge in [-0.3, -0.25) is 4.79 Å². The number of hydrogen-bond donors (Lipinski definition) is 0. The molecule has 0 bridgehead atoms. The van der Waals surface area contributed by atoms with E-state index < -0.39 is 0 Å². The zero-order valence-corrected chi connectivity index (χ0v) is 14.6. The fraction of sp³-hybridized carbons (Fsp3) is 0.286. The van der Waals surface area contributed by atoms with Gasteiger partial charge in [0, 0.05) is 25.3 Å². The summed E-state index contributed by atoms with van der Waals surface area (Å²) in [5.41, 5.74) is 4.27. The molecule has 0 aliphatic rings. The Morgan fingerprint density at radius 2 is 1.48 bits per heavy atom. The van der Waals surface area contributed by atoms with Crippen LogP contribution in [0.15, 0.2) is 54.6 Å². The first-order valence-electron chi connectivity index (χ1n) is 7.88. The molecule has 0 heterocycles. The molecule has 0 atom stereocenters. The first-order chi connectivity index (χ1) is 10.8. The summed E-state index contributed by atoms with van der Waals surface area (Å²) in [5.74, 6) is 0.0233. The smallest absolute Gasteiger partial charge is 0.185 e. The number of nitrogens with zero attached hydrogens (tertiary/aromatic N) is 1. The van der Waals surface area contributed by atoms with Crippen LogP contribution in [0.5, 0.6) is 0 Å². The second-order valence-electron chi connectivity index (χ2n) is 7.01. The lowest BCUT2D eigenvalue weighted by Gasteiger charge is -2.18. The van der Waals surface area contributed by atoms with E-state index in [4.69, 9.17) is 0 Å². The number of rotatable bonds is 4. The molecule has 120 valence electrons. The van der Waals surface area contributed by atoms with Crippen molar-refractivity contribution in [3.05, 3.63) is 71.3 Å². The van der Waals surface area contributed by atoms with Crippen LogP contribution >= 0.6 is 0 Å². The highest BCUT2D eigenvalue weighted by atomic mass is 16.1. The Labute approximate surface area is 139 Å². The number of ketones is 1. The van der Waals surface area contributed by atoms with Gasteiger partial charge < -0.3 is 4.90 Å². The highest BCUT2D eigenvalue weighted by Gasteiger charge is 2.12.